The van der Waals surface area contributed by atoms with E-state index >= 15 is 0 Å². The van der Waals surface area contributed by atoms with Gasteiger partial charge in [0.2, 0.25) is 0 Å². The van der Waals surface area contributed by atoms with Crippen molar-refractivity contribution in [3.05, 3.63) is 30.1 Å². The fraction of sp³-hybridized carbons (Fsp3) is 0.455. The van der Waals surface area contributed by atoms with Crippen molar-refractivity contribution in [1.82, 2.24) is 10.3 Å². The van der Waals surface area contributed by atoms with Gasteiger partial charge >= 0.3 is 0 Å². The Kier molecular flexibility index (Phi) is 4.09. The quantitative estimate of drug-likeness (QED) is 0.788. The Bertz CT molecular complexity index is 302. The van der Waals surface area contributed by atoms with Gasteiger partial charge in [0.25, 0.3) is 0 Å². The summed E-state index contributed by atoms with van der Waals surface area (Å²) in [5.74, 6) is 0. The van der Waals surface area contributed by atoms with Crippen LogP contribution in [0.25, 0.3) is 0 Å². The van der Waals surface area contributed by atoms with Crippen molar-refractivity contribution < 1.29 is 0 Å². The third-order valence-corrected chi connectivity index (χ3v) is 2.12. The number of hydrogen-bond donors (Lipinski definition) is 1. The van der Waals surface area contributed by atoms with Crippen LogP contribution in [0, 0.1) is 11.3 Å². The molecule has 1 heterocycles. The van der Waals surface area contributed by atoms with Gasteiger partial charge in [-0.3, -0.25) is 4.98 Å². The number of aromatic nitrogens is 1. The number of nitrogens with zero attached hydrogens (tertiary/aromatic N) is 2. The zero-order chi connectivity index (χ0) is 10.4. The van der Waals surface area contributed by atoms with Crippen LogP contribution in [0.4, 0.5) is 0 Å². The lowest BCUT2D eigenvalue weighted by Crippen LogP contribution is -2.28. The van der Waals surface area contributed by atoms with E-state index in [-0.39, 0.29) is 12.1 Å². The topological polar surface area (TPSA) is 48.7 Å². The zero-order valence-electron chi connectivity index (χ0n) is 8.57. The van der Waals surface area contributed by atoms with Gasteiger partial charge in [0.15, 0.2) is 0 Å². The molecule has 0 aromatic carbocycles. The van der Waals surface area contributed by atoms with E-state index in [9.17, 15) is 0 Å². The van der Waals surface area contributed by atoms with Crippen molar-refractivity contribution in [3.63, 3.8) is 0 Å². The lowest BCUT2D eigenvalue weighted by molar-refractivity contribution is 0.484. The first-order valence-corrected chi connectivity index (χ1v) is 4.77. The molecule has 3 nitrogen and oxygen atoms in total. The molecular formula is C11H15N3. The number of nitriles is 1. The van der Waals surface area contributed by atoms with Gasteiger partial charge in [-0.1, -0.05) is 6.07 Å². The fourth-order valence-corrected chi connectivity index (χ4v) is 1.35. The molecular weight excluding hydrogens is 174 g/mol. The van der Waals surface area contributed by atoms with E-state index in [1.807, 2.05) is 25.3 Å². The molecule has 0 fully saturated rings. The molecule has 0 saturated carbocycles. The Balaban J connectivity index is 2.51. The van der Waals surface area contributed by atoms with Gasteiger partial charge in [0.1, 0.15) is 0 Å². The average Bonchev–Trinajstić information content (AvgIpc) is 2.19. The summed E-state index contributed by atoms with van der Waals surface area (Å²) >= 11 is 0. The lowest BCUT2D eigenvalue weighted by Gasteiger charge is -2.17. The van der Waals surface area contributed by atoms with Crippen molar-refractivity contribution in [3.8, 4) is 6.07 Å². The molecule has 14 heavy (non-hydrogen) atoms. The molecule has 1 N–H and O–H groups in total. The van der Waals surface area contributed by atoms with Crippen molar-refractivity contribution in [2.45, 2.75) is 32.4 Å². The maximum Gasteiger partial charge on any atom is 0.0638 e. The molecule has 74 valence electrons. The third-order valence-electron chi connectivity index (χ3n) is 2.12. The summed E-state index contributed by atoms with van der Waals surface area (Å²) in [5, 5.41) is 11.9. The minimum Gasteiger partial charge on any atom is -0.307 e. The molecule has 0 radical (unpaired) electrons. The molecule has 0 aliphatic heterocycles. The third kappa shape index (κ3) is 3.15. The molecule has 2 atom stereocenters. The van der Waals surface area contributed by atoms with E-state index < -0.39 is 0 Å². The van der Waals surface area contributed by atoms with Gasteiger partial charge in [-0.15, -0.1) is 0 Å². The number of pyridine rings is 1. The monoisotopic (exact) mass is 189 g/mol. The minimum atomic E-state index is 0.218. The number of nitrogens with one attached hydrogen (secondary N) is 1. The Hall–Kier alpha value is -1.40. The normalized spacial score (nSPS) is 14.4. The zero-order valence-corrected chi connectivity index (χ0v) is 8.57. The Morgan fingerprint density at radius 1 is 1.57 bits per heavy atom. The average molecular weight is 189 g/mol. The van der Waals surface area contributed by atoms with Crippen LogP contribution in [0.1, 0.15) is 31.9 Å². The molecule has 0 saturated heterocycles. The van der Waals surface area contributed by atoms with Gasteiger partial charge in [0, 0.05) is 24.5 Å². The first-order valence-electron chi connectivity index (χ1n) is 4.77. The number of hydrogen-bond acceptors (Lipinski definition) is 3. The first-order chi connectivity index (χ1) is 6.74. The lowest BCUT2D eigenvalue weighted by atomic mass is 10.1. The molecule has 2 unspecified atom stereocenters. The summed E-state index contributed by atoms with van der Waals surface area (Å²) < 4.78 is 0. The second kappa shape index (κ2) is 5.36. The summed E-state index contributed by atoms with van der Waals surface area (Å²) in [6.45, 7) is 4.08. The maximum atomic E-state index is 8.52. The molecule has 1 aromatic rings. The highest BCUT2D eigenvalue weighted by atomic mass is 14.9. The summed E-state index contributed by atoms with van der Waals surface area (Å²) in [4.78, 5) is 4.05. The van der Waals surface area contributed by atoms with Crippen LogP contribution < -0.4 is 5.32 Å². The van der Waals surface area contributed by atoms with Gasteiger partial charge in [-0.05, 0) is 25.5 Å². The second-order valence-corrected chi connectivity index (χ2v) is 3.44. The summed E-state index contributed by atoms with van der Waals surface area (Å²) in [6.07, 6.45) is 4.14. The SMILES string of the molecule is CC(CC#N)NC(C)c1cccnc1. The Morgan fingerprint density at radius 2 is 2.36 bits per heavy atom. The van der Waals surface area contributed by atoms with Crippen LogP contribution >= 0.6 is 0 Å². The molecule has 0 amide bonds. The van der Waals surface area contributed by atoms with Gasteiger partial charge < -0.3 is 5.32 Å². The van der Waals surface area contributed by atoms with E-state index in [1.54, 1.807) is 6.20 Å². The molecule has 1 rings (SSSR count). The second-order valence-electron chi connectivity index (χ2n) is 3.44. The van der Waals surface area contributed by atoms with E-state index in [1.165, 1.54) is 0 Å². The largest absolute Gasteiger partial charge is 0.307 e. The van der Waals surface area contributed by atoms with Gasteiger partial charge in [-0.2, -0.15) is 5.26 Å². The Labute approximate surface area is 84.8 Å². The van der Waals surface area contributed by atoms with Gasteiger partial charge in [0.05, 0.1) is 12.5 Å². The standard InChI is InChI=1S/C11H15N3/c1-9(5-6-12)14-10(2)11-4-3-7-13-8-11/h3-4,7-10,14H,5H2,1-2H3. The highest BCUT2D eigenvalue weighted by Crippen LogP contribution is 2.11. The summed E-state index contributed by atoms with van der Waals surface area (Å²) in [5.41, 5.74) is 1.15. The van der Waals surface area contributed by atoms with Gasteiger partial charge in [-0.25, -0.2) is 0 Å². The van der Waals surface area contributed by atoms with E-state index in [4.69, 9.17) is 5.26 Å². The predicted octanol–water partition coefficient (Wildman–Crippen LogP) is 2.03. The predicted molar refractivity (Wildman–Crippen MR) is 55.5 cm³/mol. The molecule has 0 bridgehead atoms. The van der Waals surface area contributed by atoms with E-state index in [0.29, 0.717) is 6.42 Å². The minimum absolute atomic E-state index is 0.218. The van der Waals surface area contributed by atoms with Crippen LogP contribution in [-0.4, -0.2) is 11.0 Å². The summed E-state index contributed by atoms with van der Waals surface area (Å²) in [6, 6.07) is 6.56. The van der Waals surface area contributed by atoms with Crippen LogP contribution in [-0.2, 0) is 0 Å². The maximum absolute atomic E-state index is 8.52. The van der Waals surface area contributed by atoms with Crippen LogP contribution in [0.3, 0.4) is 0 Å². The molecule has 0 aliphatic rings. The van der Waals surface area contributed by atoms with Crippen molar-refractivity contribution in [1.29, 1.82) is 5.26 Å². The van der Waals surface area contributed by atoms with Crippen molar-refractivity contribution >= 4 is 0 Å². The fourth-order valence-electron chi connectivity index (χ4n) is 1.35. The van der Waals surface area contributed by atoms with Crippen LogP contribution in [0.15, 0.2) is 24.5 Å². The molecule has 3 heteroatoms. The first kappa shape index (κ1) is 10.7. The number of rotatable bonds is 4. The highest BCUT2D eigenvalue weighted by Gasteiger charge is 2.08. The molecule has 0 aliphatic carbocycles. The van der Waals surface area contributed by atoms with Crippen molar-refractivity contribution in [2.24, 2.45) is 0 Å². The molecule has 0 spiro atoms. The van der Waals surface area contributed by atoms with E-state index in [2.05, 4.69) is 23.3 Å². The van der Waals surface area contributed by atoms with E-state index in [0.717, 1.165) is 5.56 Å². The highest BCUT2D eigenvalue weighted by molar-refractivity contribution is 5.12. The Morgan fingerprint density at radius 3 is 2.93 bits per heavy atom. The summed E-state index contributed by atoms with van der Waals surface area (Å²) in [7, 11) is 0. The van der Waals surface area contributed by atoms with Crippen LogP contribution in [0.5, 0.6) is 0 Å². The van der Waals surface area contributed by atoms with Crippen LogP contribution in [0.2, 0.25) is 0 Å². The van der Waals surface area contributed by atoms with Crippen molar-refractivity contribution in [2.75, 3.05) is 0 Å². The molecule has 1 aromatic heterocycles. The smallest absolute Gasteiger partial charge is 0.0638 e.